The summed E-state index contributed by atoms with van der Waals surface area (Å²) < 4.78 is 0. The maximum Gasteiger partial charge on any atom is 0.123 e. The average Bonchev–Trinajstić information content (AvgIpc) is 2.86. The summed E-state index contributed by atoms with van der Waals surface area (Å²) in [6.45, 7) is 2.10. The van der Waals surface area contributed by atoms with E-state index in [1.54, 1.807) is 12.1 Å². The van der Waals surface area contributed by atoms with Crippen molar-refractivity contribution in [1.82, 2.24) is 0 Å². The summed E-state index contributed by atoms with van der Waals surface area (Å²) >= 11 is 0. The van der Waals surface area contributed by atoms with Gasteiger partial charge in [-0.3, -0.25) is 0 Å². The van der Waals surface area contributed by atoms with E-state index in [4.69, 9.17) is 0 Å². The molecule has 0 amide bonds. The number of aromatic hydroxyl groups is 2. The first kappa shape index (κ1) is 20.6. The summed E-state index contributed by atoms with van der Waals surface area (Å²) in [5, 5.41) is 21.1. The fraction of sp³-hybridized carbons (Fsp3) is 0.0323. The fourth-order valence-corrected chi connectivity index (χ4v) is 4.38. The van der Waals surface area contributed by atoms with Gasteiger partial charge in [0.2, 0.25) is 0 Å². The van der Waals surface area contributed by atoms with E-state index >= 15 is 0 Å². The number of rotatable bonds is 4. The van der Waals surface area contributed by atoms with Gasteiger partial charge in [0.1, 0.15) is 11.5 Å². The topological polar surface area (TPSA) is 40.5 Å². The predicted molar refractivity (Wildman–Crippen MR) is 136 cm³/mol. The highest BCUT2D eigenvalue weighted by atomic mass is 16.3. The van der Waals surface area contributed by atoms with Gasteiger partial charge in [-0.2, -0.15) is 0 Å². The van der Waals surface area contributed by atoms with Crippen molar-refractivity contribution in [2.45, 2.75) is 6.92 Å². The number of phenols is 2. The highest BCUT2D eigenvalue weighted by Crippen LogP contribution is 2.41. The van der Waals surface area contributed by atoms with Gasteiger partial charge in [-0.1, -0.05) is 91.0 Å². The van der Waals surface area contributed by atoms with Crippen LogP contribution in [0.15, 0.2) is 115 Å². The molecule has 0 aliphatic carbocycles. The molecule has 0 bridgehead atoms. The Kier molecular flexibility index (Phi) is 5.42. The van der Waals surface area contributed by atoms with Crippen molar-refractivity contribution in [2.75, 3.05) is 0 Å². The van der Waals surface area contributed by atoms with Crippen LogP contribution in [0.3, 0.4) is 0 Å². The van der Waals surface area contributed by atoms with E-state index in [9.17, 15) is 10.2 Å². The first-order valence-electron chi connectivity index (χ1n) is 11.0. The number of phenolic OH excluding ortho intramolecular Hbond substituents is 2. The summed E-state index contributed by atoms with van der Waals surface area (Å²) in [4.78, 5) is 0. The Bertz CT molecular complexity index is 1420. The third-order valence-electron chi connectivity index (χ3n) is 6.04. The molecule has 160 valence electrons. The predicted octanol–water partition coefficient (Wildman–Crippen LogP) is 8.07. The molecule has 0 heterocycles. The van der Waals surface area contributed by atoms with Gasteiger partial charge in [-0.15, -0.1) is 0 Å². The molecule has 2 N–H and O–H groups in total. The van der Waals surface area contributed by atoms with Crippen molar-refractivity contribution in [3.63, 3.8) is 0 Å². The lowest BCUT2D eigenvalue weighted by Gasteiger charge is -2.16. The van der Waals surface area contributed by atoms with Crippen molar-refractivity contribution in [2.24, 2.45) is 0 Å². The van der Waals surface area contributed by atoms with Crippen LogP contribution >= 0.6 is 0 Å². The maximum absolute atomic E-state index is 10.6. The van der Waals surface area contributed by atoms with E-state index in [0.717, 1.165) is 50.1 Å². The standard InChI is InChI=1S/C31H24O2/c1-21-9-8-14-26(24-15-17-29(32)27(19-24)22-10-4-2-5-11-22)31(21)25-16-18-30(33)28(20-25)23-12-6-3-7-13-23/h2-20,32-33H,1H3. The molecule has 33 heavy (non-hydrogen) atoms. The Morgan fingerprint density at radius 3 is 1.52 bits per heavy atom. The quantitative estimate of drug-likeness (QED) is 0.304. The largest absolute Gasteiger partial charge is 0.507 e. The Balaban J connectivity index is 1.68. The molecule has 0 aliphatic rings. The molecule has 0 spiro atoms. The lowest BCUT2D eigenvalue weighted by Crippen LogP contribution is -1.91. The molecular formula is C31H24O2. The van der Waals surface area contributed by atoms with Crippen molar-refractivity contribution in [3.05, 3.63) is 121 Å². The van der Waals surface area contributed by atoms with Crippen LogP contribution in [0.2, 0.25) is 0 Å². The van der Waals surface area contributed by atoms with E-state index in [0.29, 0.717) is 0 Å². The highest BCUT2D eigenvalue weighted by molar-refractivity contribution is 5.90. The minimum absolute atomic E-state index is 0.259. The summed E-state index contributed by atoms with van der Waals surface area (Å²) in [5.74, 6) is 0.520. The third kappa shape index (κ3) is 3.99. The van der Waals surface area contributed by atoms with Crippen LogP contribution in [0.25, 0.3) is 44.5 Å². The minimum atomic E-state index is 0.259. The first-order valence-corrected chi connectivity index (χ1v) is 11.0. The molecule has 2 heteroatoms. The van der Waals surface area contributed by atoms with Gasteiger partial charge in [0.05, 0.1) is 0 Å². The molecule has 0 fully saturated rings. The second-order valence-corrected chi connectivity index (χ2v) is 8.19. The zero-order valence-corrected chi connectivity index (χ0v) is 18.4. The Morgan fingerprint density at radius 1 is 0.424 bits per heavy atom. The van der Waals surface area contributed by atoms with Crippen LogP contribution in [0.1, 0.15) is 5.56 Å². The molecule has 5 aromatic carbocycles. The van der Waals surface area contributed by atoms with Crippen molar-refractivity contribution in [1.29, 1.82) is 0 Å². The molecule has 0 radical (unpaired) electrons. The Morgan fingerprint density at radius 2 is 0.939 bits per heavy atom. The number of aryl methyl sites for hydroxylation is 1. The minimum Gasteiger partial charge on any atom is -0.507 e. The zero-order chi connectivity index (χ0) is 22.8. The summed E-state index contributed by atoms with van der Waals surface area (Å²) in [5.41, 5.74) is 8.95. The van der Waals surface area contributed by atoms with Gasteiger partial charge < -0.3 is 10.2 Å². The van der Waals surface area contributed by atoms with Gasteiger partial charge in [0.25, 0.3) is 0 Å². The Hall–Kier alpha value is -4.30. The van der Waals surface area contributed by atoms with Gasteiger partial charge in [-0.25, -0.2) is 0 Å². The molecule has 0 saturated heterocycles. The average molecular weight is 429 g/mol. The summed E-state index contributed by atoms with van der Waals surface area (Å²) in [7, 11) is 0. The van der Waals surface area contributed by atoms with Crippen molar-refractivity contribution >= 4 is 0 Å². The van der Waals surface area contributed by atoms with Crippen LogP contribution in [0, 0.1) is 6.92 Å². The van der Waals surface area contributed by atoms with E-state index in [2.05, 4.69) is 31.2 Å². The SMILES string of the molecule is Cc1cccc(-c2ccc(O)c(-c3ccccc3)c2)c1-c1ccc(O)c(-c2ccccc2)c1. The van der Waals surface area contributed by atoms with E-state index in [1.807, 2.05) is 78.9 Å². The van der Waals surface area contributed by atoms with Gasteiger partial charge in [0.15, 0.2) is 0 Å². The molecule has 5 aromatic rings. The van der Waals surface area contributed by atoms with Crippen LogP contribution < -0.4 is 0 Å². The summed E-state index contributed by atoms with van der Waals surface area (Å²) in [6.07, 6.45) is 0. The molecular weight excluding hydrogens is 404 g/mol. The highest BCUT2D eigenvalue weighted by Gasteiger charge is 2.15. The third-order valence-corrected chi connectivity index (χ3v) is 6.04. The summed E-state index contributed by atoms with van der Waals surface area (Å²) in [6, 6.07) is 37.7. The molecule has 0 saturated carbocycles. The van der Waals surface area contributed by atoms with E-state index in [-0.39, 0.29) is 11.5 Å². The van der Waals surface area contributed by atoms with Gasteiger partial charge >= 0.3 is 0 Å². The second-order valence-electron chi connectivity index (χ2n) is 8.19. The lowest BCUT2D eigenvalue weighted by atomic mass is 9.88. The van der Waals surface area contributed by atoms with Crippen LogP contribution in [0.4, 0.5) is 0 Å². The van der Waals surface area contributed by atoms with E-state index in [1.165, 1.54) is 0 Å². The molecule has 0 aromatic heterocycles. The van der Waals surface area contributed by atoms with Crippen molar-refractivity contribution in [3.8, 4) is 56.0 Å². The lowest BCUT2D eigenvalue weighted by molar-refractivity contribution is 0.477. The molecule has 0 unspecified atom stereocenters. The normalized spacial score (nSPS) is 10.8. The second kappa shape index (κ2) is 8.68. The number of hydrogen-bond acceptors (Lipinski definition) is 2. The molecule has 0 atom stereocenters. The van der Waals surface area contributed by atoms with Crippen LogP contribution in [-0.4, -0.2) is 10.2 Å². The zero-order valence-electron chi connectivity index (χ0n) is 18.4. The first-order chi connectivity index (χ1) is 16.1. The van der Waals surface area contributed by atoms with Gasteiger partial charge in [0, 0.05) is 11.1 Å². The fourth-order valence-electron chi connectivity index (χ4n) is 4.38. The van der Waals surface area contributed by atoms with E-state index < -0.39 is 0 Å². The number of benzene rings is 5. The van der Waals surface area contributed by atoms with Crippen LogP contribution in [-0.2, 0) is 0 Å². The molecule has 0 aliphatic heterocycles. The van der Waals surface area contributed by atoms with Crippen molar-refractivity contribution < 1.29 is 10.2 Å². The number of hydrogen-bond donors (Lipinski definition) is 2. The smallest absolute Gasteiger partial charge is 0.123 e. The molecule has 5 rings (SSSR count). The molecule has 2 nitrogen and oxygen atoms in total. The van der Waals surface area contributed by atoms with Gasteiger partial charge in [-0.05, 0) is 70.1 Å². The monoisotopic (exact) mass is 428 g/mol. The van der Waals surface area contributed by atoms with Crippen LogP contribution in [0.5, 0.6) is 11.5 Å². The maximum atomic E-state index is 10.6. The Labute approximate surface area is 194 Å².